The fourth-order valence-electron chi connectivity index (χ4n) is 11.4. The first-order valence-corrected chi connectivity index (χ1v) is 16.7. The van der Waals surface area contributed by atoms with Crippen LogP contribution in [0.5, 0.6) is 0 Å². The van der Waals surface area contributed by atoms with Crippen molar-refractivity contribution in [1.82, 2.24) is 9.36 Å². The van der Waals surface area contributed by atoms with Gasteiger partial charge in [-0.25, -0.2) is 9.36 Å². The zero-order chi connectivity index (χ0) is 30.5. The molecular formula is C37H48N2O4. The summed E-state index contributed by atoms with van der Waals surface area (Å²) in [6.07, 6.45) is 16.8. The molecule has 1 aromatic carbocycles. The fourth-order valence-corrected chi connectivity index (χ4v) is 11.4. The van der Waals surface area contributed by atoms with Crippen LogP contribution in [0.1, 0.15) is 92.9 Å². The van der Waals surface area contributed by atoms with Gasteiger partial charge in [0.05, 0.1) is 21.9 Å². The number of ether oxygens (including phenoxy) is 1. The predicted molar refractivity (Wildman–Crippen MR) is 170 cm³/mol. The summed E-state index contributed by atoms with van der Waals surface area (Å²) in [5, 5.41) is 0.992. The van der Waals surface area contributed by atoms with Gasteiger partial charge >= 0.3 is 5.97 Å². The zero-order valence-corrected chi connectivity index (χ0v) is 26.8. The van der Waals surface area contributed by atoms with E-state index in [9.17, 15) is 14.4 Å². The zero-order valence-electron chi connectivity index (χ0n) is 26.8. The molecule has 2 spiro atoms. The van der Waals surface area contributed by atoms with Crippen LogP contribution in [-0.4, -0.2) is 21.4 Å². The molecule has 43 heavy (non-hydrogen) atoms. The Kier molecular flexibility index (Phi) is 6.41. The lowest BCUT2D eigenvalue weighted by atomic mass is 9.40. The van der Waals surface area contributed by atoms with Gasteiger partial charge in [0.15, 0.2) is 0 Å². The van der Waals surface area contributed by atoms with Crippen molar-refractivity contribution in [2.24, 2.45) is 40.4 Å². The average molecular weight is 585 g/mol. The van der Waals surface area contributed by atoms with Crippen LogP contribution < -0.4 is 11.1 Å². The second-order valence-corrected chi connectivity index (χ2v) is 15.6. The molecule has 0 radical (unpaired) electrons. The molecular weight excluding hydrogens is 536 g/mol. The van der Waals surface area contributed by atoms with Crippen molar-refractivity contribution >= 4 is 16.7 Å². The van der Waals surface area contributed by atoms with Crippen molar-refractivity contribution < 1.29 is 9.53 Å². The first-order chi connectivity index (χ1) is 20.4. The van der Waals surface area contributed by atoms with Gasteiger partial charge in [-0.2, -0.15) is 0 Å². The van der Waals surface area contributed by atoms with E-state index in [1.165, 1.54) is 6.92 Å². The molecule has 3 heterocycles. The smallest absolute Gasteiger partial charge is 0.302 e. The predicted octanol–water partition coefficient (Wildman–Crippen LogP) is 6.94. The van der Waals surface area contributed by atoms with Crippen LogP contribution in [0.3, 0.4) is 0 Å². The molecule has 2 aromatic rings. The molecule has 2 bridgehead atoms. The van der Waals surface area contributed by atoms with Crippen molar-refractivity contribution in [3.05, 3.63) is 69.3 Å². The molecule has 8 rings (SSSR count). The summed E-state index contributed by atoms with van der Waals surface area (Å²) in [4.78, 5) is 41.6. The van der Waals surface area contributed by atoms with Gasteiger partial charge in [-0.15, -0.1) is 0 Å². The van der Waals surface area contributed by atoms with Gasteiger partial charge in [-0.3, -0.25) is 14.4 Å². The number of fused-ring (bicyclic) bond motifs is 2. The first-order valence-electron chi connectivity index (χ1n) is 16.7. The van der Waals surface area contributed by atoms with Crippen LogP contribution in [0.25, 0.3) is 10.8 Å². The van der Waals surface area contributed by atoms with Crippen LogP contribution in [-0.2, 0) is 20.6 Å². The minimum Gasteiger partial charge on any atom is -0.462 e. The van der Waals surface area contributed by atoms with E-state index in [0.717, 1.165) is 44.9 Å². The summed E-state index contributed by atoms with van der Waals surface area (Å²) < 4.78 is 9.67. The molecule has 0 amide bonds. The largest absolute Gasteiger partial charge is 0.462 e. The third kappa shape index (κ3) is 3.61. The van der Waals surface area contributed by atoms with Gasteiger partial charge in [0.1, 0.15) is 6.10 Å². The standard InChI is InChI=1S/C37H48N2O4/c1-23(2)10-9-11-24(3)29-14-15-30-34(29,5)18-17-31-35(6)19-16-26(43-25(4)40)22-36(35)20-21-37(30,31)39-33(42)28-13-8-7-12-27(28)32(41)38(36)39/h7-9,11-13,20-21,23-24,26,29-31H,10,14-19,22H2,1-6H3/b11-9+/t24-,26+,29-,30+,31+,34-,35-,36-,37+/m1/s1. The number of carbonyl (C=O) groups excluding carboxylic acids is 1. The van der Waals surface area contributed by atoms with E-state index in [2.05, 4.69) is 58.9 Å². The molecule has 6 aliphatic rings. The Hall–Kier alpha value is -2.89. The van der Waals surface area contributed by atoms with Crippen molar-refractivity contribution in [3.63, 3.8) is 0 Å². The molecule has 0 unspecified atom stereocenters. The maximum atomic E-state index is 14.8. The number of hydrogen-bond acceptors (Lipinski definition) is 4. The molecule has 9 atom stereocenters. The average Bonchev–Trinajstić information content (AvgIpc) is 3.32. The van der Waals surface area contributed by atoms with Crippen LogP contribution in [0.15, 0.2) is 58.2 Å². The van der Waals surface area contributed by atoms with E-state index >= 15 is 0 Å². The molecule has 4 aliphatic carbocycles. The third-order valence-electron chi connectivity index (χ3n) is 13.1. The number of hydrogen-bond donors (Lipinski definition) is 0. The Labute approximate surface area is 255 Å². The van der Waals surface area contributed by atoms with Crippen LogP contribution in [0.2, 0.25) is 0 Å². The molecule has 2 aliphatic heterocycles. The maximum absolute atomic E-state index is 14.8. The van der Waals surface area contributed by atoms with Gasteiger partial charge < -0.3 is 4.74 Å². The van der Waals surface area contributed by atoms with E-state index in [1.807, 2.05) is 27.6 Å². The summed E-state index contributed by atoms with van der Waals surface area (Å²) in [7, 11) is 0. The van der Waals surface area contributed by atoms with E-state index in [-0.39, 0.29) is 45.9 Å². The summed E-state index contributed by atoms with van der Waals surface area (Å²) in [5.41, 5.74) is -1.63. The molecule has 0 N–H and O–H groups in total. The van der Waals surface area contributed by atoms with Gasteiger partial charge in [-0.1, -0.05) is 71.1 Å². The van der Waals surface area contributed by atoms with E-state index in [4.69, 9.17) is 4.74 Å². The number of allylic oxidation sites excluding steroid dienone is 4. The number of carbonyl (C=O) groups is 1. The lowest BCUT2D eigenvalue weighted by Gasteiger charge is -2.72. The van der Waals surface area contributed by atoms with Gasteiger partial charge in [0, 0.05) is 18.8 Å². The molecule has 6 heteroatoms. The highest BCUT2D eigenvalue weighted by atomic mass is 16.5. The summed E-state index contributed by atoms with van der Waals surface area (Å²) in [6, 6.07) is 7.35. The molecule has 6 nitrogen and oxygen atoms in total. The van der Waals surface area contributed by atoms with Gasteiger partial charge in [0.2, 0.25) is 0 Å². The Morgan fingerprint density at radius 1 is 0.953 bits per heavy atom. The molecule has 3 saturated carbocycles. The first kappa shape index (κ1) is 28.9. The Morgan fingerprint density at radius 3 is 2.33 bits per heavy atom. The Balaban J connectivity index is 1.46. The number of aromatic nitrogens is 2. The molecule has 3 fully saturated rings. The minimum atomic E-state index is -0.726. The summed E-state index contributed by atoms with van der Waals surface area (Å²) >= 11 is 0. The van der Waals surface area contributed by atoms with Gasteiger partial charge in [-0.05, 0) is 92.1 Å². The quantitative estimate of drug-likeness (QED) is 0.282. The van der Waals surface area contributed by atoms with Crippen LogP contribution >= 0.6 is 0 Å². The van der Waals surface area contributed by atoms with E-state index in [0.29, 0.717) is 34.9 Å². The second-order valence-electron chi connectivity index (χ2n) is 15.6. The lowest BCUT2D eigenvalue weighted by Crippen LogP contribution is -2.78. The number of rotatable bonds is 5. The molecule has 0 saturated heterocycles. The summed E-state index contributed by atoms with van der Waals surface area (Å²) in [5.74, 6) is 1.83. The second kappa shape index (κ2) is 9.55. The molecule has 230 valence electrons. The van der Waals surface area contributed by atoms with Crippen molar-refractivity contribution in [2.75, 3.05) is 0 Å². The third-order valence-corrected chi connectivity index (χ3v) is 13.1. The van der Waals surface area contributed by atoms with Gasteiger partial charge in [0.25, 0.3) is 11.1 Å². The Morgan fingerprint density at radius 2 is 1.65 bits per heavy atom. The van der Waals surface area contributed by atoms with Crippen molar-refractivity contribution in [1.29, 1.82) is 0 Å². The SMILES string of the molecule is CC(=O)O[C@H]1CC[C@]2(C)[C@@H]3CC[C@]4(C)[C@@H]([C@H](C)/C=C/CC(C)C)CC[C@@H]4[C@@]34C=C[C@]2(C1)n1c(=O)c2ccccc2c(=O)n14. The number of nitrogens with zero attached hydrogens (tertiary/aromatic N) is 2. The highest BCUT2D eigenvalue weighted by Crippen LogP contribution is 2.74. The fraction of sp³-hybridized carbons (Fsp3) is 0.649. The number of esters is 1. The molecule has 1 aromatic heterocycles. The Bertz CT molecular complexity index is 1660. The summed E-state index contributed by atoms with van der Waals surface area (Å²) in [6.45, 7) is 13.2. The topological polar surface area (TPSA) is 70.3 Å². The lowest BCUT2D eigenvalue weighted by molar-refractivity contribution is -0.205. The highest BCUT2D eigenvalue weighted by Gasteiger charge is 2.74. The van der Waals surface area contributed by atoms with Crippen LogP contribution in [0.4, 0.5) is 0 Å². The maximum Gasteiger partial charge on any atom is 0.302 e. The van der Waals surface area contributed by atoms with E-state index < -0.39 is 11.1 Å². The normalized spacial score (nSPS) is 39.9. The highest BCUT2D eigenvalue weighted by molar-refractivity contribution is 5.80. The van der Waals surface area contributed by atoms with Crippen molar-refractivity contribution in [2.45, 2.75) is 110 Å². The minimum absolute atomic E-state index is 0.0526. The van der Waals surface area contributed by atoms with E-state index in [1.54, 1.807) is 6.07 Å². The number of benzene rings is 1. The van der Waals surface area contributed by atoms with Crippen molar-refractivity contribution in [3.8, 4) is 0 Å². The monoisotopic (exact) mass is 584 g/mol. The van der Waals surface area contributed by atoms with Crippen LogP contribution in [0, 0.1) is 40.4 Å².